The van der Waals surface area contributed by atoms with E-state index in [0.29, 0.717) is 0 Å². The number of nitrogens with one attached hydrogen (secondary N) is 1. The van der Waals surface area contributed by atoms with E-state index in [1.807, 2.05) is 0 Å². The van der Waals surface area contributed by atoms with E-state index in [0.717, 1.165) is 25.3 Å². The Morgan fingerprint density at radius 1 is 1.50 bits per heavy atom. The van der Waals surface area contributed by atoms with Gasteiger partial charge in [-0.2, -0.15) is 0 Å². The Morgan fingerprint density at radius 3 is 2.75 bits per heavy atom. The van der Waals surface area contributed by atoms with Crippen LogP contribution in [0.25, 0.3) is 0 Å². The van der Waals surface area contributed by atoms with Gasteiger partial charge in [0.15, 0.2) is 0 Å². The molecule has 0 bridgehead atoms. The van der Waals surface area contributed by atoms with E-state index in [2.05, 4.69) is 4.72 Å². The van der Waals surface area contributed by atoms with Crippen LogP contribution in [0.3, 0.4) is 0 Å². The van der Waals surface area contributed by atoms with Crippen molar-refractivity contribution in [3.05, 3.63) is 18.0 Å². The molecule has 2 rings (SSSR count). The average molecular weight is 302 g/mol. The van der Waals surface area contributed by atoms with E-state index in [9.17, 15) is 13.2 Å². The molecule has 1 aromatic heterocycles. The minimum Gasteiger partial charge on any atom is -0.477 e. The van der Waals surface area contributed by atoms with Crippen molar-refractivity contribution < 1.29 is 23.1 Å². The van der Waals surface area contributed by atoms with Gasteiger partial charge in [0.25, 0.3) is 0 Å². The van der Waals surface area contributed by atoms with Crippen LogP contribution in [-0.2, 0) is 21.8 Å². The van der Waals surface area contributed by atoms with Crippen LogP contribution in [0.5, 0.6) is 0 Å². The molecule has 0 spiro atoms. The number of hydrogen-bond donors (Lipinski definition) is 2. The number of nitrogens with zero attached hydrogens (tertiary/aromatic N) is 1. The lowest BCUT2D eigenvalue weighted by Gasteiger charge is -2.19. The van der Waals surface area contributed by atoms with Crippen molar-refractivity contribution in [2.75, 3.05) is 7.11 Å². The highest BCUT2D eigenvalue weighted by Gasteiger charge is 2.32. The molecule has 1 fully saturated rings. The third kappa shape index (κ3) is 2.87. The number of sulfonamides is 1. The average Bonchev–Trinajstić information content (AvgIpc) is 2.95. The van der Waals surface area contributed by atoms with Crippen molar-refractivity contribution in [1.82, 2.24) is 9.29 Å². The van der Waals surface area contributed by atoms with Crippen molar-refractivity contribution in [2.45, 2.75) is 36.3 Å². The zero-order valence-corrected chi connectivity index (χ0v) is 12.2. The fraction of sp³-hybridized carbons (Fsp3) is 0.583. The Labute approximate surface area is 117 Å². The molecule has 1 aromatic rings. The van der Waals surface area contributed by atoms with Crippen molar-refractivity contribution in [3.63, 3.8) is 0 Å². The van der Waals surface area contributed by atoms with Gasteiger partial charge < -0.3 is 14.4 Å². The summed E-state index contributed by atoms with van der Waals surface area (Å²) in [5, 5.41) is 8.95. The van der Waals surface area contributed by atoms with E-state index in [-0.39, 0.29) is 22.7 Å². The first-order valence-electron chi connectivity index (χ1n) is 6.30. The molecule has 1 aliphatic carbocycles. The highest BCUT2D eigenvalue weighted by atomic mass is 32.2. The molecule has 112 valence electrons. The second-order valence-electron chi connectivity index (χ2n) is 4.91. The van der Waals surface area contributed by atoms with E-state index in [1.54, 1.807) is 7.11 Å². The molecule has 20 heavy (non-hydrogen) atoms. The summed E-state index contributed by atoms with van der Waals surface area (Å²) in [6, 6.07) is 0.889. The minimum absolute atomic E-state index is 0.0425. The van der Waals surface area contributed by atoms with Gasteiger partial charge in [0.05, 0.1) is 6.10 Å². The second-order valence-corrected chi connectivity index (χ2v) is 6.62. The van der Waals surface area contributed by atoms with Crippen LogP contribution in [0.1, 0.15) is 29.8 Å². The Kier molecular flexibility index (Phi) is 4.17. The Balaban J connectivity index is 2.22. The lowest BCUT2D eigenvalue weighted by molar-refractivity contribution is 0.0686. The molecule has 7 nitrogen and oxygen atoms in total. The van der Waals surface area contributed by atoms with E-state index in [1.165, 1.54) is 17.8 Å². The normalized spacial score (nSPS) is 23.1. The smallest absolute Gasteiger partial charge is 0.352 e. The molecule has 2 unspecified atom stereocenters. The minimum atomic E-state index is -3.74. The molecular formula is C12H18N2O5S. The second kappa shape index (κ2) is 5.55. The maximum absolute atomic E-state index is 12.3. The summed E-state index contributed by atoms with van der Waals surface area (Å²) in [5.41, 5.74) is -0.0694. The van der Waals surface area contributed by atoms with Crippen LogP contribution in [0.15, 0.2) is 17.2 Å². The molecule has 1 saturated carbocycles. The van der Waals surface area contributed by atoms with E-state index < -0.39 is 16.0 Å². The first-order valence-corrected chi connectivity index (χ1v) is 7.78. The Hall–Kier alpha value is -1.38. The summed E-state index contributed by atoms with van der Waals surface area (Å²) >= 11 is 0. The van der Waals surface area contributed by atoms with Gasteiger partial charge >= 0.3 is 5.97 Å². The third-order valence-corrected chi connectivity index (χ3v) is 5.03. The summed E-state index contributed by atoms with van der Waals surface area (Å²) in [4.78, 5) is 10.9. The van der Waals surface area contributed by atoms with Crippen LogP contribution in [-0.4, -0.2) is 43.3 Å². The number of aromatic carboxylic acids is 1. The van der Waals surface area contributed by atoms with Crippen LogP contribution in [0.2, 0.25) is 0 Å². The zero-order chi connectivity index (χ0) is 14.9. The van der Waals surface area contributed by atoms with Gasteiger partial charge in [-0.05, 0) is 25.3 Å². The first-order chi connectivity index (χ1) is 9.35. The lowest BCUT2D eigenvalue weighted by Crippen LogP contribution is -2.40. The molecule has 0 radical (unpaired) electrons. The van der Waals surface area contributed by atoms with Gasteiger partial charge in [-0.15, -0.1) is 0 Å². The number of aromatic nitrogens is 1. The van der Waals surface area contributed by atoms with Gasteiger partial charge in [-0.25, -0.2) is 17.9 Å². The fourth-order valence-corrected chi connectivity index (χ4v) is 3.87. The summed E-state index contributed by atoms with van der Waals surface area (Å²) < 4.78 is 33.6. The molecule has 0 aliphatic heterocycles. The van der Waals surface area contributed by atoms with Crippen molar-refractivity contribution >= 4 is 16.0 Å². The third-order valence-electron chi connectivity index (χ3n) is 3.57. The SMILES string of the molecule is COC1CCCC1NS(=O)(=O)c1cc(C(=O)O)n(C)c1. The van der Waals surface area contributed by atoms with Gasteiger partial charge in [0.1, 0.15) is 10.6 Å². The number of rotatable bonds is 5. The monoisotopic (exact) mass is 302 g/mol. The van der Waals surface area contributed by atoms with Crippen LogP contribution in [0.4, 0.5) is 0 Å². The highest BCUT2D eigenvalue weighted by Crippen LogP contribution is 2.24. The number of carboxylic acids is 1. The van der Waals surface area contributed by atoms with Gasteiger partial charge in [-0.3, -0.25) is 0 Å². The van der Waals surface area contributed by atoms with Crippen LogP contribution in [0, 0.1) is 0 Å². The van der Waals surface area contributed by atoms with Gasteiger partial charge in [0, 0.05) is 26.4 Å². The topological polar surface area (TPSA) is 97.6 Å². The number of ether oxygens (including phenoxy) is 1. The van der Waals surface area contributed by atoms with Crippen molar-refractivity contribution in [3.8, 4) is 0 Å². The van der Waals surface area contributed by atoms with Gasteiger partial charge in [0.2, 0.25) is 10.0 Å². The predicted octanol–water partition coefficient (Wildman–Crippen LogP) is 0.569. The predicted molar refractivity (Wildman–Crippen MR) is 71.1 cm³/mol. The highest BCUT2D eigenvalue weighted by molar-refractivity contribution is 7.89. The van der Waals surface area contributed by atoms with E-state index >= 15 is 0 Å². The number of carbonyl (C=O) groups is 1. The van der Waals surface area contributed by atoms with Crippen LogP contribution >= 0.6 is 0 Å². The number of carboxylic acid groups (broad SMARTS) is 1. The number of aryl methyl sites for hydroxylation is 1. The molecule has 2 atom stereocenters. The summed E-state index contributed by atoms with van der Waals surface area (Å²) in [6.07, 6.45) is 3.60. The lowest BCUT2D eigenvalue weighted by atomic mass is 10.2. The summed E-state index contributed by atoms with van der Waals surface area (Å²) in [7, 11) is -0.682. The number of hydrogen-bond acceptors (Lipinski definition) is 4. The standard InChI is InChI=1S/C12H18N2O5S/c1-14-7-8(6-10(14)12(15)16)20(17,18)13-9-4-3-5-11(9)19-2/h6-7,9,11,13H,3-5H2,1-2H3,(H,15,16). The molecule has 1 aliphatic rings. The molecular weight excluding hydrogens is 284 g/mol. The van der Waals surface area contributed by atoms with Gasteiger partial charge in [-0.1, -0.05) is 0 Å². The molecule has 0 aromatic carbocycles. The molecule has 0 amide bonds. The molecule has 8 heteroatoms. The maximum atomic E-state index is 12.3. The van der Waals surface area contributed by atoms with Crippen molar-refractivity contribution in [2.24, 2.45) is 7.05 Å². The summed E-state index contributed by atoms with van der Waals surface area (Å²) in [5.74, 6) is -1.16. The van der Waals surface area contributed by atoms with Crippen LogP contribution < -0.4 is 4.72 Å². The maximum Gasteiger partial charge on any atom is 0.352 e. The molecule has 1 heterocycles. The van der Waals surface area contributed by atoms with E-state index in [4.69, 9.17) is 9.84 Å². The zero-order valence-electron chi connectivity index (χ0n) is 11.4. The molecule has 2 N–H and O–H groups in total. The number of methoxy groups -OCH3 is 1. The Bertz CT molecular complexity index is 607. The first kappa shape index (κ1) is 15.0. The van der Waals surface area contributed by atoms with Crippen molar-refractivity contribution in [1.29, 1.82) is 0 Å². The summed E-state index contributed by atoms with van der Waals surface area (Å²) in [6.45, 7) is 0. The fourth-order valence-electron chi connectivity index (χ4n) is 2.50. The largest absolute Gasteiger partial charge is 0.477 e. The Morgan fingerprint density at radius 2 is 2.20 bits per heavy atom. The quantitative estimate of drug-likeness (QED) is 0.828. The molecule has 0 saturated heterocycles.